The van der Waals surface area contributed by atoms with Crippen molar-refractivity contribution in [2.45, 2.75) is 78.8 Å². The van der Waals surface area contributed by atoms with Crippen LogP contribution in [0.15, 0.2) is 205 Å². The number of nitrogens with zero attached hydrogens (tertiary/aromatic N) is 6. The van der Waals surface area contributed by atoms with Gasteiger partial charge in [-0.05, 0) is 107 Å². The minimum atomic E-state index is -1.43. The molecule has 7 aromatic carbocycles. The van der Waals surface area contributed by atoms with Gasteiger partial charge in [0.15, 0.2) is 0 Å². The molecule has 0 aliphatic heterocycles. The standard InChI is InChI=1S/C43H33N4O.2C14H16NSi.Ir/c1-26(2)35-23-31(29-13-6-5-7-14-29)24-36(27(3)4)40(35)47-39-19-9-8-18-38(39)45-42(47)34-17-11-16-32-33-20-21-37(46-43(33)48-41(32)34)30-15-10-12-28(22-30)25-44;2*1-16(2,3)13-9-10-14(15-11-13)12-7-5-4-6-8-12;/h5-16,18-24,26-27H,1-4H3;2*4-7,9-11H,1-3H3;/q3*-1;+3/i;4D,5D,6D,7D;;. The predicted molar refractivity (Wildman–Crippen MR) is 337 cm³/mol. The molecular formula is C71H65IrN6OSi2. The predicted octanol–water partition coefficient (Wildman–Crippen LogP) is 17.4. The third-order valence-corrected chi connectivity index (χ3v) is 18.2. The molecule has 0 saturated carbocycles. The van der Waals surface area contributed by atoms with Crippen LogP contribution < -0.4 is 10.4 Å². The van der Waals surface area contributed by atoms with E-state index in [0.29, 0.717) is 28.1 Å². The first-order chi connectivity index (χ1) is 40.2. The fourth-order valence-electron chi connectivity index (χ4n) is 9.65. The second kappa shape index (κ2) is 24.7. The van der Waals surface area contributed by atoms with E-state index in [2.05, 4.69) is 179 Å². The minimum Gasteiger partial charge on any atom is -0.486 e. The Morgan fingerprint density at radius 3 is 1.85 bits per heavy atom. The summed E-state index contributed by atoms with van der Waals surface area (Å²) in [5.74, 6) is 1.28. The Balaban J connectivity index is 0.000000191. The second-order valence-corrected chi connectivity index (χ2v) is 32.7. The van der Waals surface area contributed by atoms with Gasteiger partial charge in [0.25, 0.3) is 0 Å². The average Bonchev–Trinajstić information content (AvgIpc) is 1.76. The number of hydrogen-bond donors (Lipinski definition) is 0. The van der Waals surface area contributed by atoms with Crippen LogP contribution >= 0.6 is 0 Å². The van der Waals surface area contributed by atoms with E-state index in [-0.39, 0.29) is 56.1 Å². The monoisotopic (exact) mass is 1270 g/mol. The number of benzene rings is 7. The second-order valence-electron chi connectivity index (χ2n) is 22.5. The first-order valence-corrected chi connectivity index (χ1v) is 34.1. The van der Waals surface area contributed by atoms with Crippen molar-refractivity contribution in [1.29, 1.82) is 5.26 Å². The van der Waals surface area contributed by atoms with Gasteiger partial charge < -0.3 is 19.0 Å². The maximum atomic E-state index is 9.43. The van der Waals surface area contributed by atoms with Crippen LogP contribution in [0, 0.1) is 29.5 Å². The summed E-state index contributed by atoms with van der Waals surface area (Å²) in [5.41, 5.74) is 15.1. The molecule has 0 radical (unpaired) electrons. The maximum absolute atomic E-state index is 9.43. The molecule has 5 aromatic heterocycles. The zero-order valence-electron chi connectivity index (χ0n) is 51.3. The van der Waals surface area contributed by atoms with Crippen molar-refractivity contribution in [1.82, 2.24) is 24.5 Å². The number of rotatable bonds is 10. The van der Waals surface area contributed by atoms with Gasteiger partial charge in [0, 0.05) is 31.8 Å². The zero-order valence-corrected chi connectivity index (χ0v) is 51.7. The minimum absolute atomic E-state index is 0. The molecule has 12 aromatic rings. The van der Waals surface area contributed by atoms with Gasteiger partial charge in [-0.3, -0.25) is 4.98 Å². The van der Waals surface area contributed by atoms with Crippen LogP contribution in [0.1, 0.15) is 61.7 Å². The smallest absolute Gasteiger partial charge is 0.486 e. The van der Waals surface area contributed by atoms with Crippen LogP contribution in [-0.4, -0.2) is 40.7 Å². The third kappa shape index (κ3) is 12.7. The van der Waals surface area contributed by atoms with Crippen LogP contribution in [0.25, 0.3) is 95.1 Å². The Morgan fingerprint density at radius 1 is 0.580 bits per heavy atom. The molecule has 0 atom stereocenters. The number of imidazole rings is 1. The number of furan rings is 1. The van der Waals surface area contributed by atoms with Crippen LogP contribution in [0.4, 0.5) is 0 Å². The Hall–Kier alpha value is -8.17. The molecule has 7 nitrogen and oxygen atoms in total. The van der Waals surface area contributed by atoms with E-state index >= 15 is 0 Å². The molecule has 0 aliphatic carbocycles. The van der Waals surface area contributed by atoms with Gasteiger partial charge in [0.1, 0.15) is 0 Å². The van der Waals surface area contributed by atoms with E-state index in [1.54, 1.807) is 18.3 Å². The molecule has 0 aliphatic rings. The summed E-state index contributed by atoms with van der Waals surface area (Å²) in [5, 5.41) is 13.9. The summed E-state index contributed by atoms with van der Waals surface area (Å²) < 4.78 is 39.6. The molecule has 0 amide bonds. The summed E-state index contributed by atoms with van der Waals surface area (Å²) in [6.45, 7) is 22.7. The van der Waals surface area contributed by atoms with E-state index in [0.717, 1.165) is 61.4 Å². The first kappa shape index (κ1) is 52.2. The largest absolute Gasteiger partial charge is 3.00 e. The molecule has 0 unspecified atom stereocenters. The van der Waals surface area contributed by atoms with E-state index < -0.39 is 16.1 Å². The molecule has 81 heavy (non-hydrogen) atoms. The van der Waals surface area contributed by atoms with E-state index in [1.165, 1.54) is 32.6 Å². The Morgan fingerprint density at radius 2 is 1.22 bits per heavy atom. The van der Waals surface area contributed by atoms with Crippen molar-refractivity contribution in [3.8, 4) is 68.0 Å². The maximum Gasteiger partial charge on any atom is 3.00 e. The molecule has 0 bridgehead atoms. The van der Waals surface area contributed by atoms with Crippen molar-refractivity contribution in [2.75, 3.05) is 0 Å². The van der Waals surface area contributed by atoms with Crippen LogP contribution in [0.5, 0.6) is 0 Å². The third-order valence-electron chi connectivity index (χ3n) is 14.1. The molecule has 12 rings (SSSR count). The van der Waals surface area contributed by atoms with Crippen LogP contribution in [0.3, 0.4) is 0 Å². The zero-order chi connectivity index (χ0) is 59.6. The van der Waals surface area contributed by atoms with E-state index in [9.17, 15) is 5.26 Å². The van der Waals surface area contributed by atoms with Gasteiger partial charge in [0.2, 0.25) is 5.71 Å². The average molecular weight is 1270 g/mol. The summed E-state index contributed by atoms with van der Waals surface area (Å²) >= 11 is 0. The summed E-state index contributed by atoms with van der Waals surface area (Å²) in [6.07, 6.45) is 3.82. The van der Waals surface area contributed by atoms with Gasteiger partial charge in [-0.25, -0.2) is 4.98 Å². The molecule has 402 valence electrons. The number of para-hydroxylation sites is 2. The molecule has 0 spiro atoms. The molecule has 5 heterocycles. The van der Waals surface area contributed by atoms with Gasteiger partial charge in [0.05, 0.1) is 55.9 Å². The van der Waals surface area contributed by atoms with E-state index in [4.69, 9.17) is 19.9 Å². The van der Waals surface area contributed by atoms with Crippen LogP contribution in [0.2, 0.25) is 39.3 Å². The van der Waals surface area contributed by atoms with Gasteiger partial charge >= 0.3 is 20.1 Å². The fourth-order valence-corrected chi connectivity index (χ4v) is 11.7. The Bertz CT molecular complexity index is 4370. The van der Waals surface area contributed by atoms with Crippen molar-refractivity contribution in [2.24, 2.45) is 0 Å². The Kier molecular flexibility index (Phi) is 15.9. The summed E-state index contributed by atoms with van der Waals surface area (Å²) in [6, 6.07) is 66.0. The molecule has 10 heteroatoms. The summed E-state index contributed by atoms with van der Waals surface area (Å²) in [7, 11) is -2.66. The molecule has 0 saturated heterocycles. The van der Waals surface area contributed by atoms with Crippen molar-refractivity contribution >= 4 is 59.6 Å². The normalized spacial score (nSPS) is 12.1. The first-order valence-electron chi connectivity index (χ1n) is 29.1. The fraction of sp³-hybridized carbons (Fsp3) is 0.169. The van der Waals surface area contributed by atoms with Crippen LogP contribution in [-0.2, 0) is 20.1 Å². The van der Waals surface area contributed by atoms with Gasteiger partial charge in [-0.15, -0.1) is 89.9 Å². The number of fused-ring (bicyclic) bond motifs is 4. The number of nitriles is 1. The summed E-state index contributed by atoms with van der Waals surface area (Å²) in [4.78, 5) is 19.0. The Labute approximate surface area is 498 Å². The molecule has 0 fully saturated rings. The van der Waals surface area contributed by atoms with Gasteiger partial charge in [-0.2, -0.15) is 5.26 Å². The SMILES string of the molecule is CC(C)c1cc(-c2ccccc2)cc(C(C)C)c1-n1c(-c2[c-]ccc3c2oc2nc(-c4cccc(C#N)c4)ccc23)nc2ccccc21.C[Si](C)(C)c1ccc(-c2[c-]cccc2)nc1.[2H]c1[c-]c(-c2ccc([Si](C)(C)C)cn2)c([2H])c([2H])c1[2H].[Ir+3]. The number of hydrogen-bond acceptors (Lipinski definition) is 6. The van der Waals surface area contributed by atoms with Gasteiger partial charge in [-0.1, -0.05) is 157 Å². The van der Waals surface area contributed by atoms with Crippen molar-refractivity contribution in [3.63, 3.8) is 0 Å². The number of aromatic nitrogens is 5. The number of pyridine rings is 3. The molecule has 0 N–H and O–H groups in total. The topological polar surface area (TPSA) is 93.4 Å². The van der Waals surface area contributed by atoms with Crippen molar-refractivity contribution in [3.05, 3.63) is 235 Å². The van der Waals surface area contributed by atoms with Crippen molar-refractivity contribution < 1.29 is 30.0 Å². The quantitative estimate of drug-likeness (QED) is 0.100. The molecular weight excluding hydrogens is 1200 g/mol. The van der Waals surface area contributed by atoms with E-state index in [1.807, 2.05) is 85.1 Å².